The molecule has 0 N–H and O–H groups in total. The summed E-state index contributed by atoms with van der Waals surface area (Å²) in [5.74, 6) is 1.15. The van der Waals surface area contributed by atoms with E-state index in [4.69, 9.17) is 13.5 Å². The van der Waals surface area contributed by atoms with E-state index in [0.29, 0.717) is 23.1 Å². The van der Waals surface area contributed by atoms with Gasteiger partial charge >= 0.3 is 0 Å². The topological polar surface area (TPSA) is 56.7 Å². The van der Waals surface area contributed by atoms with Gasteiger partial charge in [-0.25, -0.2) is 0 Å². The van der Waals surface area contributed by atoms with Gasteiger partial charge in [0.05, 0.1) is 28.6 Å². The third-order valence-electron chi connectivity index (χ3n) is 8.62. The second-order valence-electron chi connectivity index (χ2n) is 12.7. The van der Waals surface area contributed by atoms with Crippen LogP contribution in [0.3, 0.4) is 0 Å². The molecule has 1 radical (unpaired) electrons. The van der Waals surface area contributed by atoms with Crippen LogP contribution in [-0.2, 0) is 20.1 Å². The molecule has 0 saturated carbocycles. The van der Waals surface area contributed by atoms with E-state index in [9.17, 15) is 4.39 Å². The number of pyridine rings is 2. The summed E-state index contributed by atoms with van der Waals surface area (Å²) in [5.41, 5.74) is 10.5. The normalized spacial score (nSPS) is 12.4. The fourth-order valence-electron chi connectivity index (χ4n) is 6.22. The predicted octanol–water partition coefficient (Wildman–Crippen LogP) is 11.3. The molecular formula is C43H37FIrN4O-2. The quantitative estimate of drug-likeness (QED) is 0.162. The molecule has 0 aliphatic carbocycles. The van der Waals surface area contributed by atoms with Gasteiger partial charge in [0.25, 0.3) is 0 Å². The largest absolute Gasteiger partial charge is 0.501 e. The Bertz CT molecular complexity index is 2510. The Kier molecular flexibility index (Phi) is 8.99. The number of aryl methyl sites for hydroxylation is 2. The van der Waals surface area contributed by atoms with Crippen LogP contribution in [0, 0.1) is 31.7 Å². The Morgan fingerprint density at radius 3 is 2.30 bits per heavy atom. The van der Waals surface area contributed by atoms with Crippen molar-refractivity contribution in [3.05, 3.63) is 144 Å². The third-order valence-corrected chi connectivity index (χ3v) is 8.62. The van der Waals surface area contributed by atoms with Gasteiger partial charge in [0.15, 0.2) is 0 Å². The second-order valence-corrected chi connectivity index (χ2v) is 12.7. The average Bonchev–Trinajstić information content (AvgIpc) is 3.69. The van der Waals surface area contributed by atoms with Gasteiger partial charge in [0.1, 0.15) is 5.58 Å². The van der Waals surface area contributed by atoms with Crippen LogP contribution in [0.2, 0.25) is 0 Å². The zero-order valence-corrected chi connectivity index (χ0v) is 30.8. The molecule has 50 heavy (non-hydrogen) atoms. The smallest absolute Gasteiger partial charge is 0.120 e. The summed E-state index contributed by atoms with van der Waals surface area (Å²) in [6.45, 7) is 8.84. The molecule has 0 saturated heterocycles. The summed E-state index contributed by atoms with van der Waals surface area (Å²) in [5, 5.41) is 2.17. The number of hydrogen-bond acceptors (Lipinski definition) is 4. The number of rotatable bonds is 5. The first-order valence-electron chi connectivity index (χ1n) is 17.9. The van der Waals surface area contributed by atoms with Gasteiger partial charge in [-0.05, 0) is 60.1 Å². The van der Waals surface area contributed by atoms with Gasteiger partial charge in [0, 0.05) is 53.0 Å². The first-order chi connectivity index (χ1) is 24.9. The van der Waals surface area contributed by atoms with Crippen LogP contribution in [-0.4, -0.2) is 19.5 Å². The molecule has 8 rings (SSSR count). The Morgan fingerprint density at radius 2 is 1.62 bits per heavy atom. The van der Waals surface area contributed by atoms with E-state index in [0.717, 1.165) is 50.1 Å². The number of halogens is 1. The van der Waals surface area contributed by atoms with Gasteiger partial charge in [-0.2, -0.15) is 0 Å². The summed E-state index contributed by atoms with van der Waals surface area (Å²) in [6, 6.07) is 34.3. The molecule has 0 atom stereocenters. The fraction of sp³-hybridized carbons (Fsp3) is 0.186. The van der Waals surface area contributed by atoms with Crippen molar-refractivity contribution >= 4 is 33.0 Å². The van der Waals surface area contributed by atoms with E-state index in [1.807, 2.05) is 37.4 Å². The molecule has 4 heterocycles. The van der Waals surface area contributed by atoms with E-state index in [1.54, 1.807) is 12.1 Å². The van der Waals surface area contributed by atoms with Crippen molar-refractivity contribution in [2.24, 2.45) is 0 Å². The average molecular weight is 840 g/mol. The van der Waals surface area contributed by atoms with Crippen LogP contribution < -0.4 is 0 Å². The molecule has 0 fully saturated rings. The van der Waals surface area contributed by atoms with Gasteiger partial charge < -0.3 is 14.0 Å². The zero-order chi connectivity index (χ0) is 36.7. The number of nitrogens with zero attached hydrogens (tertiary/aromatic N) is 4. The summed E-state index contributed by atoms with van der Waals surface area (Å²) < 4.78 is 43.0. The van der Waals surface area contributed by atoms with Crippen molar-refractivity contribution in [2.45, 2.75) is 53.3 Å². The van der Waals surface area contributed by atoms with Gasteiger partial charge in [-0.1, -0.05) is 87.2 Å². The van der Waals surface area contributed by atoms with Crippen LogP contribution in [0.5, 0.6) is 0 Å². The van der Waals surface area contributed by atoms with Gasteiger partial charge in [-0.15, -0.1) is 48.0 Å². The third kappa shape index (κ3) is 6.64. The number of imidazole rings is 1. The van der Waals surface area contributed by atoms with Gasteiger partial charge in [0.2, 0.25) is 0 Å². The molecule has 4 aromatic carbocycles. The van der Waals surface area contributed by atoms with E-state index >= 15 is 0 Å². The maximum Gasteiger partial charge on any atom is 0.120 e. The summed E-state index contributed by atoms with van der Waals surface area (Å²) in [4.78, 5) is 13.9. The standard InChI is InChI=1S/C31H28N3O.C12H9FN.Ir/c1-18(2)21-11-8-12-22(19(3)4)29(21)34-27-17-32-20(5)16-26(27)33-31(34)25-14-9-13-24-23-10-6-7-15-28(23)35-30(24)25;1-9-2-7-12(14-8-9)10-3-5-11(13)6-4-10;/h6-13,15-19H,1-5H3;2-3,5-8H,1H3;/q2*-1;/i;1D3;. The molecule has 0 aliphatic heterocycles. The van der Waals surface area contributed by atoms with E-state index < -0.39 is 6.85 Å². The molecule has 0 bridgehead atoms. The molecule has 8 aromatic rings. The Hall–Kier alpha value is -4.97. The van der Waals surface area contributed by atoms with Crippen molar-refractivity contribution in [1.29, 1.82) is 0 Å². The monoisotopic (exact) mass is 840 g/mol. The number of hydrogen-bond donors (Lipinski definition) is 0. The summed E-state index contributed by atoms with van der Waals surface area (Å²) >= 11 is 0. The van der Waals surface area contributed by atoms with E-state index in [1.165, 1.54) is 41.2 Å². The predicted molar refractivity (Wildman–Crippen MR) is 197 cm³/mol. The van der Waals surface area contributed by atoms with Crippen LogP contribution in [0.1, 0.15) is 66.0 Å². The summed E-state index contributed by atoms with van der Waals surface area (Å²) in [7, 11) is 0. The summed E-state index contributed by atoms with van der Waals surface area (Å²) in [6.07, 6.45) is 3.25. The van der Waals surface area contributed by atoms with Gasteiger partial charge in [-0.3, -0.25) is 14.4 Å². The maximum atomic E-state index is 12.7. The molecule has 7 heteroatoms. The zero-order valence-electron chi connectivity index (χ0n) is 31.4. The molecule has 0 aliphatic rings. The minimum atomic E-state index is -2.15. The van der Waals surface area contributed by atoms with Crippen LogP contribution in [0.4, 0.5) is 4.39 Å². The van der Waals surface area contributed by atoms with Crippen LogP contribution in [0.15, 0.2) is 108 Å². The van der Waals surface area contributed by atoms with E-state index in [2.05, 4.69) is 90.8 Å². The fourth-order valence-corrected chi connectivity index (χ4v) is 6.22. The first-order valence-corrected chi connectivity index (χ1v) is 16.4. The molecule has 253 valence electrons. The van der Waals surface area contributed by atoms with Crippen molar-refractivity contribution in [3.63, 3.8) is 0 Å². The number of para-hydroxylation sites is 2. The number of fused-ring (bicyclic) bond motifs is 4. The second kappa shape index (κ2) is 14.5. The molecule has 0 spiro atoms. The number of furan rings is 1. The van der Waals surface area contributed by atoms with Crippen molar-refractivity contribution in [3.8, 4) is 28.3 Å². The van der Waals surface area contributed by atoms with Crippen molar-refractivity contribution < 1.29 is 33.0 Å². The first kappa shape index (κ1) is 31.0. The number of aromatic nitrogens is 4. The Balaban J connectivity index is 0.000000226. The minimum absolute atomic E-state index is 0. The Labute approximate surface area is 309 Å². The molecule has 0 amide bonds. The minimum Gasteiger partial charge on any atom is -0.501 e. The van der Waals surface area contributed by atoms with Crippen LogP contribution >= 0.6 is 0 Å². The van der Waals surface area contributed by atoms with E-state index in [-0.39, 0.29) is 31.5 Å². The SMILES string of the molecule is Cc1cc2nc(-c3[c-]ccc4c3oc3ccccc34)n(-c3c(C(C)C)cccc3C(C)C)c2cn1.[2H]C([2H])([2H])c1ccc(-c2[c-]cc(F)cc2)nc1.[Ir]. The molecular weight excluding hydrogens is 800 g/mol. The van der Waals surface area contributed by atoms with Crippen molar-refractivity contribution in [2.75, 3.05) is 0 Å². The molecule has 0 unspecified atom stereocenters. The molecule has 5 nitrogen and oxygen atoms in total. The number of benzene rings is 4. The molecule has 4 aromatic heterocycles. The Morgan fingerprint density at radius 1 is 0.840 bits per heavy atom. The van der Waals surface area contributed by atoms with Crippen molar-refractivity contribution in [1.82, 2.24) is 19.5 Å². The maximum absolute atomic E-state index is 12.7. The van der Waals surface area contributed by atoms with Crippen LogP contribution in [0.25, 0.3) is 61.3 Å².